The molecule has 3 heteroatoms. The van der Waals surface area contributed by atoms with Crippen LogP contribution in [0.4, 0.5) is 5.69 Å². The summed E-state index contributed by atoms with van der Waals surface area (Å²) in [5, 5.41) is 6.58. The number of aromatic nitrogens is 1. The van der Waals surface area contributed by atoms with Crippen molar-refractivity contribution < 1.29 is 0 Å². The van der Waals surface area contributed by atoms with Crippen molar-refractivity contribution in [3.63, 3.8) is 0 Å². The molecule has 3 nitrogen and oxygen atoms in total. The number of benzene rings is 2. The van der Waals surface area contributed by atoms with Crippen LogP contribution in [0.25, 0.3) is 11.4 Å². The number of rotatable bonds is 2. The molecule has 0 saturated heterocycles. The summed E-state index contributed by atoms with van der Waals surface area (Å²) in [6, 6.07) is 16.8. The molecule has 1 aliphatic heterocycles. The molecule has 0 N–H and O–H groups in total. The molecule has 0 radical (unpaired) electrons. The smallest absolute Gasteiger partial charge is 0.0678 e. The van der Waals surface area contributed by atoms with Gasteiger partial charge in [0, 0.05) is 28.2 Å². The summed E-state index contributed by atoms with van der Waals surface area (Å²) in [4.78, 5) is 0. The van der Waals surface area contributed by atoms with E-state index in [-0.39, 0.29) is 0 Å². The minimum absolute atomic E-state index is 0.915. The number of aryl methyl sites for hydroxylation is 2. The van der Waals surface area contributed by atoms with Gasteiger partial charge in [0.15, 0.2) is 0 Å². The number of hydrazone groups is 1. The Morgan fingerprint density at radius 2 is 1.62 bits per heavy atom. The predicted molar refractivity (Wildman–Crippen MR) is 110 cm³/mol. The number of hydrogen-bond donors (Lipinski definition) is 0. The molecule has 0 fully saturated rings. The predicted octanol–water partition coefficient (Wildman–Crippen LogP) is 5.54. The first-order chi connectivity index (χ1) is 12.5. The van der Waals surface area contributed by atoms with Crippen molar-refractivity contribution in [3.05, 3.63) is 88.8 Å². The zero-order valence-corrected chi connectivity index (χ0v) is 15.7. The molecule has 3 aromatic rings. The molecule has 0 atom stereocenters. The van der Waals surface area contributed by atoms with Gasteiger partial charge in [0.05, 0.1) is 17.6 Å². The van der Waals surface area contributed by atoms with Crippen molar-refractivity contribution in [2.75, 3.05) is 5.01 Å². The van der Waals surface area contributed by atoms with E-state index < -0.39 is 0 Å². The fourth-order valence-electron chi connectivity index (χ4n) is 3.88. The Kier molecular flexibility index (Phi) is 3.80. The van der Waals surface area contributed by atoms with E-state index in [9.17, 15) is 0 Å². The number of hydrogen-bond acceptors (Lipinski definition) is 2. The van der Waals surface area contributed by atoms with Crippen molar-refractivity contribution in [3.8, 4) is 5.69 Å². The third kappa shape index (κ3) is 2.39. The Labute approximate surface area is 154 Å². The van der Waals surface area contributed by atoms with Crippen molar-refractivity contribution in [2.45, 2.75) is 27.7 Å². The topological polar surface area (TPSA) is 20.5 Å². The number of para-hydroxylation sites is 1. The molecule has 4 rings (SSSR count). The fraction of sp³-hybridized carbons (Fsp3) is 0.174. The Morgan fingerprint density at radius 3 is 2.31 bits per heavy atom. The maximum Gasteiger partial charge on any atom is 0.0678 e. The minimum Gasteiger partial charge on any atom is -0.317 e. The van der Waals surface area contributed by atoms with Gasteiger partial charge in [0.1, 0.15) is 0 Å². The Balaban J connectivity index is 1.87. The lowest BCUT2D eigenvalue weighted by molar-refractivity contribution is 0.951. The lowest BCUT2D eigenvalue weighted by Gasteiger charge is -2.25. The van der Waals surface area contributed by atoms with E-state index >= 15 is 0 Å². The molecule has 1 aromatic heterocycles. The average molecular weight is 341 g/mol. The third-order valence-corrected chi connectivity index (χ3v) is 5.13. The van der Waals surface area contributed by atoms with Crippen LogP contribution in [-0.4, -0.2) is 10.8 Å². The van der Waals surface area contributed by atoms with Gasteiger partial charge in [-0.15, -0.1) is 0 Å². The first-order valence-electron chi connectivity index (χ1n) is 8.87. The second-order valence-electron chi connectivity index (χ2n) is 6.92. The highest BCUT2D eigenvalue weighted by atomic mass is 15.5. The monoisotopic (exact) mass is 341 g/mol. The van der Waals surface area contributed by atoms with E-state index in [4.69, 9.17) is 0 Å². The van der Waals surface area contributed by atoms with E-state index in [1.807, 2.05) is 29.4 Å². The van der Waals surface area contributed by atoms with Crippen LogP contribution < -0.4 is 5.01 Å². The van der Waals surface area contributed by atoms with Crippen molar-refractivity contribution >= 4 is 17.6 Å². The van der Waals surface area contributed by atoms with Crippen LogP contribution in [0.15, 0.2) is 60.2 Å². The summed E-state index contributed by atoms with van der Waals surface area (Å²) in [6.45, 7) is 13.0. The van der Waals surface area contributed by atoms with Gasteiger partial charge in [0.25, 0.3) is 0 Å². The highest BCUT2D eigenvalue weighted by Crippen LogP contribution is 2.37. The lowest BCUT2D eigenvalue weighted by atomic mass is 10.1. The number of nitrogens with zero attached hydrogens (tertiary/aromatic N) is 3. The highest BCUT2D eigenvalue weighted by Gasteiger charge is 2.26. The number of fused-ring (bicyclic) bond motifs is 1. The maximum atomic E-state index is 4.66. The van der Waals surface area contributed by atoms with Gasteiger partial charge < -0.3 is 4.57 Å². The maximum absolute atomic E-state index is 4.66. The van der Waals surface area contributed by atoms with E-state index in [2.05, 4.69) is 74.3 Å². The number of anilines is 1. The largest absolute Gasteiger partial charge is 0.317 e. The molecule has 1 aliphatic rings. The van der Waals surface area contributed by atoms with Crippen LogP contribution in [0.3, 0.4) is 0 Å². The summed E-state index contributed by atoms with van der Waals surface area (Å²) in [7, 11) is 0. The Morgan fingerprint density at radius 1 is 0.885 bits per heavy atom. The summed E-state index contributed by atoms with van der Waals surface area (Å²) in [5.74, 6) is 0. The quantitative estimate of drug-likeness (QED) is 0.600. The van der Waals surface area contributed by atoms with E-state index in [1.165, 1.54) is 33.8 Å². The van der Waals surface area contributed by atoms with Crippen molar-refractivity contribution in [2.24, 2.45) is 5.10 Å². The van der Waals surface area contributed by atoms with Gasteiger partial charge in [-0.25, -0.2) is 5.01 Å². The van der Waals surface area contributed by atoms with Crippen molar-refractivity contribution in [1.82, 2.24) is 4.57 Å². The van der Waals surface area contributed by atoms with Gasteiger partial charge >= 0.3 is 0 Å². The van der Waals surface area contributed by atoms with Crippen molar-refractivity contribution in [1.29, 1.82) is 0 Å². The standard InChI is InChI=1S/C23H23N3/c1-15-11-12-22(16(2)13-15)25-17(3)21-14-24-26(19(5)23(21)18(25)4)20-9-7-6-8-10-20/h6-14H,5H2,1-4H3. The molecule has 0 amide bonds. The van der Waals surface area contributed by atoms with Gasteiger partial charge in [-0.1, -0.05) is 42.5 Å². The second kappa shape index (κ2) is 6.03. The third-order valence-electron chi connectivity index (χ3n) is 5.13. The highest BCUT2D eigenvalue weighted by molar-refractivity contribution is 5.98. The molecule has 2 heterocycles. The lowest BCUT2D eigenvalue weighted by Crippen LogP contribution is -2.19. The van der Waals surface area contributed by atoms with Gasteiger partial charge in [-0.2, -0.15) is 5.10 Å². The van der Waals surface area contributed by atoms with Gasteiger partial charge in [-0.05, 0) is 51.5 Å². The fourth-order valence-corrected chi connectivity index (χ4v) is 3.88. The van der Waals surface area contributed by atoms with Crippen LogP contribution >= 0.6 is 0 Å². The first kappa shape index (κ1) is 16.4. The summed E-state index contributed by atoms with van der Waals surface area (Å²) >= 11 is 0. The van der Waals surface area contributed by atoms with Crippen LogP contribution in [0.2, 0.25) is 0 Å². The second-order valence-corrected chi connectivity index (χ2v) is 6.92. The van der Waals surface area contributed by atoms with E-state index in [0.29, 0.717) is 0 Å². The van der Waals surface area contributed by atoms with E-state index in [0.717, 1.165) is 16.9 Å². The minimum atomic E-state index is 0.915. The first-order valence-corrected chi connectivity index (χ1v) is 8.87. The van der Waals surface area contributed by atoms with Gasteiger partial charge in [-0.3, -0.25) is 0 Å². The molecule has 0 bridgehead atoms. The average Bonchev–Trinajstić information content (AvgIpc) is 2.88. The molecule has 0 spiro atoms. The SMILES string of the molecule is C=C1c2c(c(C)n(-c3ccc(C)cc3C)c2C)C=NN1c1ccccc1. The van der Waals surface area contributed by atoms with E-state index in [1.54, 1.807) is 0 Å². The summed E-state index contributed by atoms with van der Waals surface area (Å²) in [5.41, 5.74) is 10.4. The van der Waals surface area contributed by atoms with Gasteiger partial charge in [0.2, 0.25) is 0 Å². The molecule has 0 unspecified atom stereocenters. The summed E-state index contributed by atoms with van der Waals surface area (Å²) < 4.78 is 2.32. The normalized spacial score (nSPS) is 13.2. The molecule has 0 saturated carbocycles. The zero-order chi connectivity index (χ0) is 18.4. The molecule has 26 heavy (non-hydrogen) atoms. The summed E-state index contributed by atoms with van der Waals surface area (Å²) in [6.07, 6.45) is 1.96. The molecular formula is C23H23N3. The molecule has 2 aromatic carbocycles. The van der Waals surface area contributed by atoms with Crippen LogP contribution in [0.5, 0.6) is 0 Å². The molecule has 0 aliphatic carbocycles. The van der Waals surface area contributed by atoms with Crippen LogP contribution in [0.1, 0.15) is 33.6 Å². The Bertz CT molecular complexity index is 1040. The van der Waals surface area contributed by atoms with Crippen LogP contribution in [0, 0.1) is 27.7 Å². The molecular weight excluding hydrogens is 318 g/mol. The molecule has 130 valence electrons. The Hall–Kier alpha value is -3.07. The zero-order valence-electron chi connectivity index (χ0n) is 15.7. The van der Waals surface area contributed by atoms with Crippen LogP contribution in [-0.2, 0) is 0 Å².